The number of hydrogen-bond acceptors (Lipinski definition) is 3. The summed E-state index contributed by atoms with van der Waals surface area (Å²) < 4.78 is 40.0. The molecule has 2 rings (SSSR count). The number of sulfonamides is 1. The fourth-order valence-electron chi connectivity index (χ4n) is 2.03. The molecule has 2 N–H and O–H groups in total. The minimum atomic E-state index is -3.82. The number of nitrogens with two attached hydrogens (primary N) is 1. The molecule has 0 atom stereocenters. The van der Waals surface area contributed by atoms with Gasteiger partial charge in [0.05, 0.1) is 10.6 Å². The van der Waals surface area contributed by atoms with Crippen LogP contribution in [0.4, 0.5) is 15.8 Å². The van der Waals surface area contributed by atoms with Crippen LogP contribution in [-0.2, 0) is 10.0 Å². The molecule has 0 spiro atoms. The molecule has 0 unspecified atom stereocenters. The van der Waals surface area contributed by atoms with Crippen LogP contribution < -0.4 is 10.0 Å². The van der Waals surface area contributed by atoms with Crippen molar-refractivity contribution in [2.75, 3.05) is 16.6 Å². The molecule has 0 saturated carbocycles. The van der Waals surface area contributed by atoms with Crippen molar-refractivity contribution in [1.82, 2.24) is 0 Å². The zero-order valence-electron chi connectivity index (χ0n) is 11.7. The molecule has 112 valence electrons. The molecule has 0 saturated heterocycles. The van der Waals surface area contributed by atoms with Crippen LogP contribution in [-0.4, -0.2) is 15.0 Å². The summed E-state index contributed by atoms with van der Waals surface area (Å²) >= 11 is 0. The van der Waals surface area contributed by atoms with Crippen LogP contribution in [0, 0.1) is 5.82 Å². The smallest absolute Gasteiger partial charge is 0.264 e. The maximum absolute atomic E-state index is 13.3. The summed E-state index contributed by atoms with van der Waals surface area (Å²) in [5.41, 5.74) is 6.67. The molecular formula is C15H17FN2O2S. The van der Waals surface area contributed by atoms with E-state index in [-0.39, 0.29) is 4.90 Å². The van der Waals surface area contributed by atoms with Crippen molar-refractivity contribution in [1.29, 1.82) is 0 Å². The van der Waals surface area contributed by atoms with Gasteiger partial charge >= 0.3 is 0 Å². The van der Waals surface area contributed by atoms with E-state index in [1.807, 2.05) is 6.92 Å². The first-order chi connectivity index (χ1) is 9.95. The Hall–Kier alpha value is -2.08. The number of nitrogens with zero attached hydrogens (tertiary/aromatic N) is 1. The van der Waals surface area contributed by atoms with Gasteiger partial charge in [-0.05, 0) is 42.8 Å². The summed E-state index contributed by atoms with van der Waals surface area (Å²) in [4.78, 5) is -0.0709. The Labute approximate surface area is 124 Å². The van der Waals surface area contributed by atoms with E-state index >= 15 is 0 Å². The maximum atomic E-state index is 13.3. The largest absolute Gasteiger partial charge is 0.399 e. The fraction of sp³-hybridized carbons (Fsp3) is 0.200. The second-order valence-electron chi connectivity index (χ2n) is 4.63. The van der Waals surface area contributed by atoms with Gasteiger partial charge in [-0.1, -0.05) is 19.1 Å². The number of halogens is 1. The van der Waals surface area contributed by atoms with Crippen molar-refractivity contribution in [3.63, 3.8) is 0 Å². The van der Waals surface area contributed by atoms with Gasteiger partial charge in [0.2, 0.25) is 0 Å². The Morgan fingerprint density at radius 2 is 1.86 bits per heavy atom. The van der Waals surface area contributed by atoms with Crippen LogP contribution in [0.3, 0.4) is 0 Å². The van der Waals surface area contributed by atoms with Crippen LogP contribution in [0.25, 0.3) is 0 Å². The van der Waals surface area contributed by atoms with E-state index in [2.05, 4.69) is 0 Å². The molecule has 0 aromatic heterocycles. The van der Waals surface area contributed by atoms with Crippen molar-refractivity contribution < 1.29 is 12.8 Å². The summed E-state index contributed by atoms with van der Waals surface area (Å²) in [5, 5.41) is 0. The molecule has 0 amide bonds. The molecule has 0 aliphatic heterocycles. The Balaban J connectivity index is 2.51. The Morgan fingerprint density at radius 3 is 2.48 bits per heavy atom. The molecule has 0 heterocycles. The van der Waals surface area contributed by atoms with Crippen molar-refractivity contribution in [2.24, 2.45) is 0 Å². The van der Waals surface area contributed by atoms with E-state index in [1.165, 1.54) is 22.5 Å². The minimum absolute atomic E-state index is 0.0709. The van der Waals surface area contributed by atoms with E-state index in [0.717, 1.165) is 6.07 Å². The molecule has 21 heavy (non-hydrogen) atoms. The van der Waals surface area contributed by atoms with Gasteiger partial charge in [-0.15, -0.1) is 0 Å². The number of benzene rings is 2. The third-order valence-corrected chi connectivity index (χ3v) is 4.79. The molecule has 6 heteroatoms. The molecule has 0 fully saturated rings. The maximum Gasteiger partial charge on any atom is 0.264 e. The lowest BCUT2D eigenvalue weighted by molar-refractivity contribution is 0.585. The standard InChI is InChI=1S/C15H17FN2O2S/c1-2-9-18(14-7-4-6-13(17)11-14)21(19,20)15-8-3-5-12(16)10-15/h3-8,10-11H,2,9,17H2,1H3. The summed E-state index contributed by atoms with van der Waals surface area (Å²) in [6.07, 6.45) is 0.628. The van der Waals surface area contributed by atoms with E-state index in [4.69, 9.17) is 5.73 Å². The van der Waals surface area contributed by atoms with Gasteiger partial charge in [0, 0.05) is 12.2 Å². The third kappa shape index (κ3) is 3.33. The Kier molecular flexibility index (Phi) is 4.47. The topological polar surface area (TPSA) is 63.4 Å². The summed E-state index contributed by atoms with van der Waals surface area (Å²) in [5.74, 6) is -0.583. The second kappa shape index (κ2) is 6.13. The first-order valence-electron chi connectivity index (χ1n) is 6.59. The van der Waals surface area contributed by atoms with Crippen LogP contribution in [0.1, 0.15) is 13.3 Å². The van der Waals surface area contributed by atoms with Crippen LogP contribution in [0.15, 0.2) is 53.4 Å². The second-order valence-corrected chi connectivity index (χ2v) is 6.49. The monoisotopic (exact) mass is 308 g/mol. The Morgan fingerprint density at radius 1 is 1.14 bits per heavy atom. The van der Waals surface area contributed by atoms with Crippen molar-refractivity contribution in [3.8, 4) is 0 Å². The van der Waals surface area contributed by atoms with Gasteiger partial charge in [-0.2, -0.15) is 0 Å². The first-order valence-corrected chi connectivity index (χ1v) is 8.03. The van der Waals surface area contributed by atoms with Gasteiger partial charge in [0.1, 0.15) is 5.82 Å². The van der Waals surface area contributed by atoms with Gasteiger partial charge in [-0.25, -0.2) is 12.8 Å². The molecule has 0 aliphatic carbocycles. The highest BCUT2D eigenvalue weighted by Gasteiger charge is 2.24. The van der Waals surface area contributed by atoms with E-state index in [9.17, 15) is 12.8 Å². The Bertz CT molecular complexity index is 732. The zero-order valence-corrected chi connectivity index (χ0v) is 12.5. The highest BCUT2D eigenvalue weighted by Crippen LogP contribution is 2.25. The van der Waals surface area contributed by atoms with E-state index < -0.39 is 15.8 Å². The lowest BCUT2D eigenvalue weighted by atomic mass is 10.3. The number of hydrogen-bond donors (Lipinski definition) is 1. The molecule has 2 aromatic carbocycles. The molecule has 0 aliphatic rings. The molecule has 0 radical (unpaired) electrons. The zero-order chi connectivity index (χ0) is 15.5. The third-order valence-electron chi connectivity index (χ3n) is 2.97. The average Bonchev–Trinajstić information content (AvgIpc) is 2.44. The SMILES string of the molecule is CCCN(c1cccc(N)c1)S(=O)(=O)c1cccc(F)c1. The van der Waals surface area contributed by atoms with Crippen LogP contribution >= 0.6 is 0 Å². The molecule has 4 nitrogen and oxygen atoms in total. The predicted octanol–water partition coefficient (Wildman–Crippen LogP) is 3.01. The molecule has 0 bridgehead atoms. The number of rotatable bonds is 5. The summed E-state index contributed by atoms with van der Waals surface area (Å²) in [6.45, 7) is 2.17. The quantitative estimate of drug-likeness (QED) is 0.864. The first kappa shape index (κ1) is 15.3. The van der Waals surface area contributed by atoms with Gasteiger partial charge < -0.3 is 5.73 Å². The van der Waals surface area contributed by atoms with Crippen LogP contribution in [0.2, 0.25) is 0 Å². The van der Waals surface area contributed by atoms with Crippen molar-refractivity contribution in [2.45, 2.75) is 18.2 Å². The molecular weight excluding hydrogens is 291 g/mol. The highest BCUT2D eigenvalue weighted by atomic mass is 32.2. The number of anilines is 2. The predicted molar refractivity (Wildman–Crippen MR) is 82.1 cm³/mol. The molecule has 2 aromatic rings. The lowest BCUT2D eigenvalue weighted by Gasteiger charge is -2.24. The van der Waals surface area contributed by atoms with Gasteiger partial charge in [0.15, 0.2) is 0 Å². The summed E-state index contributed by atoms with van der Waals surface area (Å²) in [6, 6.07) is 11.6. The number of nitrogen functional groups attached to an aromatic ring is 1. The summed E-state index contributed by atoms with van der Waals surface area (Å²) in [7, 11) is -3.82. The minimum Gasteiger partial charge on any atom is -0.399 e. The van der Waals surface area contributed by atoms with Crippen molar-refractivity contribution >= 4 is 21.4 Å². The fourth-order valence-corrected chi connectivity index (χ4v) is 3.61. The highest BCUT2D eigenvalue weighted by molar-refractivity contribution is 7.92. The lowest BCUT2D eigenvalue weighted by Crippen LogP contribution is -2.31. The van der Waals surface area contributed by atoms with E-state index in [1.54, 1.807) is 24.3 Å². The van der Waals surface area contributed by atoms with Gasteiger partial charge in [-0.3, -0.25) is 4.31 Å². The van der Waals surface area contributed by atoms with Gasteiger partial charge in [0.25, 0.3) is 10.0 Å². The van der Waals surface area contributed by atoms with E-state index in [0.29, 0.717) is 24.3 Å². The average molecular weight is 308 g/mol. The van der Waals surface area contributed by atoms with Crippen LogP contribution in [0.5, 0.6) is 0 Å². The normalized spacial score (nSPS) is 11.3. The van der Waals surface area contributed by atoms with Crippen molar-refractivity contribution in [3.05, 3.63) is 54.3 Å².